The Morgan fingerprint density at radius 3 is 2.70 bits per heavy atom. The third-order valence-electron chi connectivity index (χ3n) is 5.51. The fourth-order valence-electron chi connectivity index (χ4n) is 3.89. The molecule has 30 heavy (non-hydrogen) atoms. The van der Waals surface area contributed by atoms with Crippen molar-refractivity contribution >= 4 is 6.21 Å². The van der Waals surface area contributed by atoms with Gasteiger partial charge in [0.25, 0.3) is 0 Å². The van der Waals surface area contributed by atoms with Crippen LogP contribution in [0.25, 0.3) is 0 Å². The molecular formula is C21H25F3N6. The summed E-state index contributed by atoms with van der Waals surface area (Å²) in [6.45, 7) is 6.97. The van der Waals surface area contributed by atoms with E-state index in [1.165, 1.54) is 13.0 Å². The number of benzene rings is 1. The first kappa shape index (κ1) is 20.6. The average molecular weight is 418 g/mol. The molecule has 3 heterocycles. The van der Waals surface area contributed by atoms with E-state index in [1.54, 1.807) is 17.4 Å². The number of allylic oxidation sites excluding steroid dienone is 2. The summed E-state index contributed by atoms with van der Waals surface area (Å²) in [5, 5.41) is 13.6. The van der Waals surface area contributed by atoms with Gasteiger partial charge in [-0.15, -0.1) is 0 Å². The van der Waals surface area contributed by atoms with Crippen molar-refractivity contribution in [1.29, 1.82) is 0 Å². The molecule has 0 amide bonds. The van der Waals surface area contributed by atoms with Crippen LogP contribution in [0, 0.1) is 6.92 Å². The Labute approximate surface area is 174 Å². The Balaban J connectivity index is 1.55. The van der Waals surface area contributed by atoms with E-state index in [-0.39, 0.29) is 11.6 Å². The number of rotatable bonds is 4. The van der Waals surface area contributed by atoms with E-state index >= 15 is 0 Å². The second-order valence-electron chi connectivity index (χ2n) is 7.48. The highest BCUT2D eigenvalue weighted by atomic mass is 19.4. The smallest absolute Gasteiger partial charge is 0.314 e. The lowest BCUT2D eigenvalue weighted by Crippen LogP contribution is -2.50. The monoisotopic (exact) mass is 418 g/mol. The summed E-state index contributed by atoms with van der Waals surface area (Å²) >= 11 is 0. The van der Waals surface area contributed by atoms with Crippen molar-refractivity contribution < 1.29 is 13.2 Å². The Morgan fingerprint density at radius 1 is 1.20 bits per heavy atom. The van der Waals surface area contributed by atoms with Gasteiger partial charge in [0, 0.05) is 50.4 Å². The van der Waals surface area contributed by atoms with Crippen LogP contribution >= 0.6 is 0 Å². The van der Waals surface area contributed by atoms with Crippen LogP contribution in [0.3, 0.4) is 0 Å². The van der Waals surface area contributed by atoms with Gasteiger partial charge in [-0.3, -0.25) is 5.01 Å². The number of halogens is 3. The average Bonchev–Trinajstić information content (AvgIpc) is 2.73. The molecule has 0 unspecified atom stereocenters. The summed E-state index contributed by atoms with van der Waals surface area (Å²) in [5.41, 5.74) is 5.27. The topological polar surface area (TPSA) is 46.1 Å². The van der Waals surface area contributed by atoms with E-state index in [2.05, 4.69) is 20.9 Å². The first-order chi connectivity index (χ1) is 14.3. The second-order valence-corrected chi connectivity index (χ2v) is 7.48. The van der Waals surface area contributed by atoms with Gasteiger partial charge in [0.2, 0.25) is 0 Å². The molecule has 3 aliphatic rings. The molecule has 0 bridgehead atoms. The van der Waals surface area contributed by atoms with Crippen LogP contribution in [0.5, 0.6) is 0 Å². The molecule has 1 atom stereocenters. The number of hydrogen-bond acceptors (Lipinski definition) is 6. The van der Waals surface area contributed by atoms with Gasteiger partial charge in [0.1, 0.15) is 5.70 Å². The van der Waals surface area contributed by atoms with Crippen molar-refractivity contribution in [3.05, 3.63) is 70.7 Å². The van der Waals surface area contributed by atoms with Gasteiger partial charge < -0.3 is 5.32 Å². The standard InChI is InChI=1S/C21H25F3N6/c1-15-18(4-3-5-19(15)21(22,23)24)16(2)27-30-20-14-29(28-12-9-25-10-13-28)11-7-17(20)6-8-26-30/h3-8,11,14,16,25,27H,9-10,12-13H2,1-2H3/t16-/m1/s1. The van der Waals surface area contributed by atoms with Crippen LogP contribution < -0.4 is 10.7 Å². The van der Waals surface area contributed by atoms with Gasteiger partial charge in [-0.1, -0.05) is 12.1 Å². The van der Waals surface area contributed by atoms with Crippen LogP contribution in [0.4, 0.5) is 13.2 Å². The molecular weight excluding hydrogens is 393 g/mol. The lowest BCUT2D eigenvalue weighted by atomic mass is 9.97. The highest BCUT2D eigenvalue weighted by molar-refractivity contribution is 5.76. The van der Waals surface area contributed by atoms with Gasteiger partial charge in [0.15, 0.2) is 0 Å². The Hall–Kier alpha value is -2.62. The van der Waals surface area contributed by atoms with Gasteiger partial charge >= 0.3 is 6.18 Å². The third kappa shape index (κ3) is 4.14. The molecule has 1 aromatic rings. The zero-order valence-corrected chi connectivity index (χ0v) is 16.9. The number of nitrogens with zero attached hydrogens (tertiary/aromatic N) is 4. The van der Waals surface area contributed by atoms with Crippen LogP contribution in [-0.2, 0) is 6.18 Å². The maximum atomic E-state index is 13.3. The number of fused-ring (bicyclic) bond motifs is 1. The number of alkyl halides is 3. The van der Waals surface area contributed by atoms with Crippen LogP contribution in [-0.4, -0.2) is 47.5 Å². The van der Waals surface area contributed by atoms with E-state index in [9.17, 15) is 13.2 Å². The lowest BCUT2D eigenvalue weighted by Gasteiger charge is -2.39. The predicted molar refractivity (Wildman–Crippen MR) is 110 cm³/mol. The molecule has 0 radical (unpaired) electrons. The molecule has 4 rings (SSSR count). The highest BCUT2D eigenvalue weighted by Crippen LogP contribution is 2.35. The summed E-state index contributed by atoms with van der Waals surface area (Å²) < 4.78 is 39.9. The normalized spacial score (nSPS) is 20.7. The maximum absolute atomic E-state index is 13.3. The lowest BCUT2D eigenvalue weighted by molar-refractivity contribution is -0.138. The van der Waals surface area contributed by atoms with Gasteiger partial charge in [-0.25, -0.2) is 10.4 Å². The van der Waals surface area contributed by atoms with E-state index in [0.717, 1.165) is 43.5 Å². The molecule has 1 saturated heterocycles. The molecule has 1 fully saturated rings. The summed E-state index contributed by atoms with van der Waals surface area (Å²) in [6.07, 6.45) is 5.23. The fourth-order valence-corrected chi connectivity index (χ4v) is 3.89. The van der Waals surface area contributed by atoms with Gasteiger partial charge in [-0.05, 0) is 43.2 Å². The summed E-state index contributed by atoms with van der Waals surface area (Å²) in [7, 11) is 0. The Bertz CT molecular complexity index is 912. The fraction of sp³-hybridized carbons (Fsp3) is 0.381. The predicted octanol–water partition coefficient (Wildman–Crippen LogP) is 3.30. The molecule has 0 saturated carbocycles. The van der Waals surface area contributed by atoms with E-state index < -0.39 is 11.7 Å². The first-order valence-electron chi connectivity index (χ1n) is 9.96. The number of hydrogen-bond donors (Lipinski definition) is 2. The second kappa shape index (κ2) is 8.25. The SMILES string of the molecule is Cc1c([C@@H](C)NN2N=CC=C3C=CN(N4CCNCC4)C=C32)cccc1C(F)(F)F. The molecule has 1 aromatic carbocycles. The van der Waals surface area contributed by atoms with Crippen LogP contribution in [0.1, 0.15) is 29.7 Å². The van der Waals surface area contributed by atoms with Crippen molar-refractivity contribution in [2.75, 3.05) is 26.2 Å². The highest BCUT2D eigenvalue weighted by Gasteiger charge is 2.33. The number of hydrazine groups is 2. The van der Waals surface area contributed by atoms with Crippen molar-refractivity contribution in [3.63, 3.8) is 0 Å². The van der Waals surface area contributed by atoms with Crippen molar-refractivity contribution in [2.24, 2.45) is 5.10 Å². The molecule has 0 aliphatic carbocycles. The zero-order chi connectivity index (χ0) is 21.3. The minimum absolute atomic E-state index is 0.224. The summed E-state index contributed by atoms with van der Waals surface area (Å²) in [4.78, 5) is 0. The number of hydrazone groups is 1. The van der Waals surface area contributed by atoms with Crippen LogP contribution in [0.15, 0.2) is 59.1 Å². The summed E-state index contributed by atoms with van der Waals surface area (Å²) in [6, 6.07) is 3.91. The van der Waals surface area contributed by atoms with Crippen molar-refractivity contribution in [3.8, 4) is 0 Å². The minimum Gasteiger partial charge on any atom is -0.314 e. The van der Waals surface area contributed by atoms with E-state index in [4.69, 9.17) is 0 Å². The largest absolute Gasteiger partial charge is 0.416 e. The number of piperazine rings is 1. The van der Waals surface area contributed by atoms with Gasteiger partial charge in [0.05, 0.1) is 11.6 Å². The Morgan fingerprint density at radius 2 is 1.97 bits per heavy atom. The molecule has 160 valence electrons. The summed E-state index contributed by atoms with van der Waals surface area (Å²) in [5.74, 6) is 0. The quantitative estimate of drug-likeness (QED) is 0.786. The first-order valence-corrected chi connectivity index (χ1v) is 9.96. The maximum Gasteiger partial charge on any atom is 0.416 e. The van der Waals surface area contributed by atoms with Crippen molar-refractivity contribution in [2.45, 2.75) is 26.1 Å². The molecule has 0 aromatic heterocycles. The molecule has 2 N–H and O–H groups in total. The van der Waals surface area contributed by atoms with Crippen molar-refractivity contribution in [1.82, 2.24) is 25.9 Å². The van der Waals surface area contributed by atoms with Gasteiger partial charge in [-0.2, -0.15) is 23.4 Å². The van der Waals surface area contributed by atoms with E-state index in [1.807, 2.05) is 36.5 Å². The minimum atomic E-state index is -4.38. The molecule has 9 heteroatoms. The zero-order valence-electron chi connectivity index (χ0n) is 16.9. The van der Waals surface area contributed by atoms with E-state index in [0.29, 0.717) is 5.56 Å². The van der Waals surface area contributed by atoms with Crippen LogP contribution in [0.2, 0.25) is 0 Å². The molecule has 6 nitrogen and oxygen atoms in total. The molecule has 0 spiro atoms. The third-order valence-corrected chi connectivity index (χ3v) is 5.51. The molecule has 3 aliphatic heterocycles. The number of nitrogens with one attached hydrogen (secondary N) is 2. The Kier molecular flexibility index (Phi) is 5.68.